The van der Waals surface area contributed by atoms with E-state index in [9.17, 15) is 14.9 Å². The lowest BCUT2D eigenvalue weighted by atomic mass is 10.1. The molecule has 3 aromatic rings. The molecule has 1 heterocycles. The highest BCUT2D eigenvalue weighted by molar-refractivity contribution is 5.85. The number of nitro groups is 1. The predicted molar refractivity (Wildman–Crippen MR) is 95.5 cm³/mol. The molecule has 0 aliphatic carbocycles. The minimum atomic E-state index is -0.465. The van der Waals surface area contributed by atoms with E-state index in [0.29, 0.717) is 18.4 Å². The number of carbonyl (C=O) groups is 1. The lowest BCUT2D eigenvalue weighted by Crippen LogP contribution is -2.17. The van der Waals surface area contributed by atoms with Gasteiger partial charge in [0.15, 0.2) is 0 Å². The van der Waals surface area contributed by atoms with Gasteiger partial charge in [-0.25, -0.2) is 5.43 Å². The lowest BCUT2D eigenvalue weighted by molar-refractivity contribution is -0.384. The maximum absolute atomic E-state index is 11.9. The number of carbonyl (C=O) groups excluding carboxylic acids is 1. The van der Waals surface area contributed by atoms with Crippen LogP contribution in [-0.4, -0.2) is 22.0 Å². The van der Waals surface area contributed by atoms with Gasteiger partial charge in [0.1, 0.15) is 0 Å². The van der Waals surface area contributed by atoms with Gasteiger partial charge in [0.2, 0.25) is 5.91 Å². The maximum atomic E-state index is 11.9. The van der Waals surface area contributed by atoms with Gasteiger partial charge in [-0.3, -0.25) is 14.9 Å². The number of aromatic nitrogens is 1. The van der Waals surface area contributed by atoms with Crippen molar-refractivity contribution >= 4 is 28.7 Å². The van der Waals surface area contributed by atoms with Crippen molar-refractivity contribution in [2.75, 3.05) is 0 Å². The standard InChI is InChI=1S/C18H16N4O3/c23-18(10-7-14-12-19-17-4-2-1-3-16(14)17)21-20-11-13-5-8-15(9-6-13)22(24)25/h1-6,8-9,11-12,19H,7,10H2,(H,21,23). The Kier molecular flexibility index (Phi) is 4.84. The summed E-state index contributed by atoms with van der Waals surface area (Å²) in [6, 6.07) is 13.9. The van der Waals surface area contributed by atoms with Gasteiger partial charge < -0.3 is 4.98 Å². The monoisotopic (exact) mass is 336 g/mol. The van der Waals surface area contributed by atoms with Crippen LogP contribution >= 0.6 is 0 Å². The van der Waals surface area contributed by atoms with Gasteiger partial charge >= 0.3 is 0 Å². The van der Waals surface area contributed by atoms with Crippen molar-refractivity contribution in [1.29, 1.82) is 0 Å². The average molecular weight is 336 g/mol. The highest BCUT2D eigenvalue weighted by Gasteiger charge is 2.06. The van der Waals surface area contributed by atoms with Crippen LogP contribution < -0.4 is 5.43 Å². The minimum Gasteiger partial charge on any atom is -0.361 e. The number of H-pyrrole nitrogens is 1. The third-order valence-corrected chi connectivity index (χ3v) is 3.80. The van der Waals surface area contributed by atoms with Crippen molar-refractivity contribution in [3.05, 3.63) is 76.0 Å². The van der Waals surface area contributed by atoms with Crippen LogP contribution in [0.25, 0.3) is 10.9 Å². The Morgan fingerprint density at radius 1 is 1.20 bits per heavy atom. The molecule has 1 aromatic heterocycles. The van der Waals surface area contributed by atoms with Gasteiger partial charge in [0, 0.05) is 35.7 Å². The van der Waals surface area contributed by atoms with Gasteiger partial charge in [-0.05, 0) is 35.7 Å². The van der Waals surface area contributed by atoms with Crippen LogP contribution in [0, 0.1) is 10.1 Å². The second-order valence-corrected chi connectivity index (χ2v) is 5.50. The van der Waals surface area contributed by atoms with E-state index in [0.717, 1.165) is 16.5 Å². The highest BCUT2D eigenvalue weighted by Crippen LogP contribution is 2.18. The number of amides is 1. The van der Waals surface area contributed by atoms with E-state index in [2.05, 4.69) is 15.5 Å². The Morgan fingerprint density at radius 2 is 1.96 bits per heavy atom. The van der Waals surface area contributed by atoms with E-state index in [4.69, 9.17) is 0 Å². The van der Waals surface area contributed by atoms with E-state index < -0.39 is 4.92 Å². The van der Waals surface area contributed by atoms with Crippen molar-refractivity contribution in [2.45, 2.75) is 12.8 Å². The van der Waals surface area contributed by atoms with E-state index in [1.54, 1.807) is 12.1 Å². The molecule has 0 radical (unpaired) electrons. The van der Waals surface area contributed by atoms with Crippen LogP contribution in [0.15, 0.2) is 59.8 Å². The van der Waals surface area contributed by atoms with Crippen LogP contribution in [-0.2, 0) is 11.2 Å². The van der Waals surface area contributed by atoms with E-state index in [-0.39, 0.29) is 11.6 Å². The molecule has 7 nitrogen and oxygen atoms in total. The summed E-state index contributed by atoms with van der Waals surface area (Å²) in [5.74, 6) is -0.191. The van der Waals surface area contributed by atoms with Gasteiger partial charge in [-0.15, -0.1) is 0 Å². The molecule has 3 rings (SSSR count). The van der Waals surface area contributed by atoms with Crippen molar-refractivity contribution in [1.82, 2.24) is 10.4 Å². The Hall–Kier alpha value is -3.48. The molecule has 2 N–H and O–H groups in total. The molecule has 7 heteroatoms. The molecule has 0 bridgehead atoms. The first-order valence-corrected chi connectivity index (χ1v) is 7.75. The highest BCUT2D eigenvalue weighted by atomic mass is 16.6. The quantitative estimate of drug-likeness (QED) is 0.411. The number of hydrogen-bond acceptors (Lipinski definition) is 4. The number of aryl methyl sites for hydroxylation is 1. The number of aromatic amines is 1. The number of nitrogens with zero attached hydrogens (tertiary/aromatic N) is 2. The molecule has 0 saturated heterocycles. The van der Waals surface area contributed by atoms with Gasteiger partial charge in [-0.1, -0.05) is 18.2 Å². The summed E-state index contributed by atoms with van der Waals surface area (Å²) >= 11 is 0. The average Bonchev–Trinajstić information content (AvgIpc) is 3.03. The molecule has 2 aromatic carbocycles. The zero-order valence-electron chi connectivity index (χ0n) is 13.3. The number of fused-ring (bicyclic) bond motifs is 1. The summed E-state index contributed by atoms with van der Waals surface area (Å²) in [6.45, 7) is 0. The first kappa shape index (κ1) is 16.4. The number of rotatable bonds is 6. The molecule has 25 heavy (non-hydrogen) atoms. The summed E-state index contributed by atoms with van der Waals surface area (Å²) in [5.41, 5.74) is 5.29. The zero-order chi connectivity index (χ0) is 17.6. The fraction of sp³-hybridized carbons (Fsp3) is 0.111. The summed E-state index contributed by atoms with van der Waals surface area (Å²) in [5, 5.41) is 15.6. The number of nitro benzene ring substituents is 1. The molecule has 0 unspecified atom stereocenters. The number of non-ortho nitro benzene ring substituents is 1. The Balaban J connectivity index is 1.51. The first-order chi connectivity index (χ1) is 12.1. The summed E-state index contributed by atoms with van der Waals surface area (Å²) in [6.07, 6.45) is 4.30. The Bertz CT molecular complexity index is 929. The largest absolute Gasteiger partial charge is 0.361 e. The molecular formula is C18H16N4O3. The number of benzene rings is 2. The van der Waals surface area contributed by atoms with Crippen LogP contribution in [0.5, 0.6) is 0 Å². The molecule has 0 aliphatic heterocycles. The SMILES string of the molecule is O=C(CCc1c[nH]c2ccccc12)NN=Cc1ccc([N+](=O)[O-])cc1. The number of nitrogens with one attached hydrogen (secondary N) is 2. The van der Waals surface area contributed by atoms with Crippen LogP contribution in [0.4, 0.5) is 5.69 Å². The molecular weight excluding hydrogens is 320 g/mol. The molecule has 0 atom stereocenters. The van der Waals surface area contributed by atoms with E-state index in [1.807, 2.05) is 30.5 Å². The molecule has 0 aliphatic rings. The normalized spacial score (nSPS) is 11.0. The number of para-hydroxylation sites is 1. The van der Waals surface area contributed by atoms with Crippen molar-refractivity contribution < 1.29 is 9.72 Å². The molecule has 0 saturated carbocycles. The third kappa shape index (κ3) is 4.08. The molecule has 0 fully saturated rings. The molecule has 1 amide bonds. The fourth-order valence-corrected chi connectivity index (χ4v) is 2.50. The zero-order valence-corrected chi connectivity index (χ0v) is 13.3. The summed E-state index contributed by atoms with van der Waals surface area (Å²) in [4.78, 5) is 25.2. The maximum Gasteiger partial charge on any atom is 0.269 e. The van der Waals surface area contributed by atoms with Crippen LogP contribution in [0.2, 0.25) is 0 Å². The molecule has 126 valence electrons. The van der Waals surface area contributed by atoms with Crippen molar-refractivity contribution in [2.24, 2.45) is 5.10 Å². The van der Waals surface area contributed by atoms with Gasteiger partial charge in [0.25, 0.3) is 5.69 Å². The third-order valence-electron chi connectivity index (χ3n) is 3.80. The number of hydrazone groups is 1. The Labute approximate surface area is 143 Å². The molecule has 0 spiro atoms. The topological polar surface area (TPSA) is 100 Å². The second kappa shape index (κ2) is 7.39. The van der Waals surface area contributed by atoms with E-state index >= 15 is 0 Å². The smallest absolute Gasteiger partial charge is 0.269 e. The lowest BCUT2D eigenvalue weighted by Gasteiger charge is -2.00. The van der Waals surface area contributed by atoms with Gasteiger partial charge in [0.05, 0.1) is 11.1 Å². The first-order valence-electron chi connectivity index (χ1n) is 7.75. The van der Waals surface area contributed by atoms with Crippen molar-refractivity contribution in [3.63, 3.8) is 0 Å². The Morgan fingerprint density at radius 3 is 2.72 bits per heavy atom. The summed E-state index contributed by atoms with van der Waals surface area (Å²) < 4.78 is 0. The number of hydrogen-bond donors (Lipinski definition) is 2. The summed E-state index contributed by atoms with van der Waals surface area (Å²) in [7, 11) is 0. The second-order valence-electron chi connectivity index (χ2n) is 5.50. The fourth-order valence-electron chi connectivity index (χ4n) is 2.50. The van der Waals surface area contributed by atoms with Gasteiger partial charge in [-0.2, -0.15) is 5.10 Å². The van der Waals surface area contributed by atoms with Crippen LogP contribution in [0.3, 0.4) is 0 Å². The minimum absolute atomic E-state index is 0.0138. The predicted octanol–water partition coefficient (Wildman–Crippen LogP) is 3.16. The van der Waals surface area contributed by atoms with E-state index in [1.165, 1.54) is 18.3 Å². The van der Waals surface area contributed by atoms with Crippen molar-refractivity contribution in [3.8, 4) is 0 Å². The van der Waals surface area contributed by atoms with Crippen LogP contribution in [0.1, 0.15) is 17.5 Å².